The van der Waals surface area contributed by atoms with Crippen LogP contribution in [0.2, 0.25) is 0 Å². The molecule has 1 aliphatic heterocycles. The van der Waals surface area contributed by atoms with Gasteiger partial charge in [-0.25, -0.2) is 15.2 Å². The van der Waals surface area contributed by atoms with Crippen molar-refractivity contribution in [1.82, 2.24) is 10.3 Å². The highest BCUT2D eigenvalue weighted by Crippen LogP contribution is 2.14. The Labute approximate surface area is 110 Å². The SMILES string of the molecule is NN(C(=O)c1ccc(F)cc1)C(=O)[C@H]1CCCNC1. The summed E-state index contributed by atoms with van der Waals surface area (Å²) in [5.74, 6) is 3.84. The highest BCUT2D eigenvalue weighted by atomic mass is 19.1. The largest absolute Gasteiger partial charge is 0.316 e. The molecule has 0 aromatic heterocycles. The molecule has 0 bridgehead atoms. The van der Waals surface area contributed by atoms with Crippen LogP contribution in [0.1, 0.15) is 23.2 Å². The Bertz CT molecular complexity index is 469. The maximum Gasteiger partial charge on any atom is 0.274 e. The first-order valence-electron chi connectivity index (χ1n) is 6.19. The summed E-state index contributed by atoms with van der Waals surface area (Å²) in [6.07, 6.45) is 1.60. The molecular formula is C13H16FN3O2. The van der Waals surface area contributed by atoms with Crippen LogP contribution in [0.5, 0.6) is 0 Å². The van der Waals surface area contributed by atoms with Crippen molar-refractivity contribution < 1.29 is 14.0 Å². The highest BCUT2D eigenvalue weighted by molar-refractivity contribution is 6.04. The number of imide groups is 1. The molecule has 0 radical (unpaired) electrons. The number of nitrogens with two attached hydrogens (primary N) is 1. The second-order valence-corrected chi connectivity index (χ2v) is 4.56. The van der Waals surface area contributed by atoms with Crippen molar-refractivity contribution in [3.63, 3.8) is 0 Å². The highest BCUT2D eigenvalue weighted by Gasteiger charge is 2.28. The van der Waals surface area contributed by atoms with Crippen LogP contribution in [0.4, 0.5) is 4.39 Å². The van der Waals surface area contributed by atoms with Gasteiger partial charge in [0.2, 0.25) is 5.91 Å². The third kappa shape index (κ3) is 3.15. The van der Waals surface area contributed by atoms with Gasteiger partial charge in [0, 0.05) is 12.1 Å². The number of rotatable bonds is 2. The van der Waals surface area contributed by atoms with Gasteiger partial charge in [-0.2, -0.15) is 0 Å². The Hall–Kier alpha value is -1.79. The minimum absolute atomic E-state index is 0.195. The fourth-order valence-electron chi connectivity index (χ4n) is 2.09. The van der Waals surface area contributed by atoms with E-state index in [9.17, 15) is 14.0 Å². The van der Waals surface area contributed by atoms with Gasteiger partial charge in [0.05, 0.1) is 5.92 Å². The van der Waals surface area contributed by atoms with Crippen molar-refractivity contribution in [3.8, 4) is 0 Å². The number of hydrogen-bond donors (Lipinski definition) is 2. The van der Waals surface area contributed by atoms with Crippen LogP contribution in [-0.2, 0) is 4.79 Å². The van der Waals surface area contributed by atoms with Gasteiger partial charge in [0.1, 0.15) is 5.82 Å². The second kappa shape index (κ2) is 5.90. The number of nitrogens with one attached hydrogen (secondary N) is 1. The molecule has 1 atom stereocenters. The first-order chi connectivity index (χ1) is 9.09. The molecule has 19 heavy (non-hydrogen) atoms. The summed E-state index contributed by atoms with van der Waals surface area (Å²) >= 11 is 0. The smallest absolute Gasteiger partial charge is 0.274 e. The van der Waals surface area contributed by atoms with Gasteiger partial charge in [-0.15, -0.1) is 0 Å². The number of nitrogens with zero attached hydrogens (tertiary/aromatic N) is 1. The van der Waals surface area contributed by atoms with Gasteiger partial charge in [0.15, 0.2) is 0 Å². The van der Waals surface area contributed by atoms with Crippen LogP contribution in [0.25, 0.3) is 0 Å². The fraction of sp³-hybridized carbons (Fsp3) is 0.385. The zero-order chi connectivity index (χ0) is 13.8. The standard InChI is InChI=1S/C13H16FN3O2/c14-11-5-3-9(4-6-11)12(18)17(15)13(19)10-2-1-7-16-8-10/h3-6,10,16H,1-2,7-8,15H2/t10-/m0/s1. The maximum atomic E-state index is 12.8. The van der Waals surface area contributed by atoms with Gasteiger partial charge < -0.3 is 5.32 Å². The molecule has 1 saturated heterocycles. The molecule has 1 aromatic carbocycles. The van der Waals surface area contributed by atoms with Crippen molar-refractivity contribution in [2.45, 2.75) is 12.8 Å². The maximum absolute atomic E-state index is 12.8. The van der Waals surface area contributed by atoms with Crippen molar-refractivity contribution in [2.75, 3.05) is 13.1 Å². The van der Waals surface area contributed by atoms with Gasteiger partial charge in [0.25, 0.3) is 5.91 Å². The first kappa shape index (κ1) is 13.6. The Morgan fingerprint density at radius 2 is 2.00 bits per heavy atom. The normalized spacial score (nSPS) is 18.9. The minimum Gasteiger partial charge on any atom is -0.316 e. The topological polar surface area (TPSA) is 75.4 Å². The molecule has 1 aliphatic rings. The summed E-state index contributed by atoms with van der Waals surface area (Å²) in [6.45, 7) is 1.41. The quantitative estimate of drug-likeness (QED) is 0.357. The summed E-state index contributed by atoms with van der Waals surface area (Å²) in [4.78, 5) is 24.0. The molecule has 102 valence electrons. The monoisotopic (exact) mass is 265 g/mol. The summed E-state index contributed by atoms with van der Waals surface area (Å²) in [6, 6.07) is 4.94. The average molecular weight is 265 g/mol. The summed E-state index contributed by atoms with van der Waals surface area (Å²) in [5, 5.41) is 3.72. The number of hydrazine groups is 1. The van der Waals surface area contributed by atoms with E-state index in [2.05, 4.69) is 5.32 Å². The number of amides is 2. The number of benzene rings is 1. The molecule has 5 nitrogen and oxygen atoms in total. The molecule has 1 heterocycles. The minimum atomic E-state index is -0.615. The van der Waals surface area contributed by atoms with Gasteiger partial charge in [-0.3, -0.25) is 9.59 Å². The van der Waals surface area contributed by atoms with E-state index in [1.807, 2.05) is 0 Å². The molecule has 1 fully saturated rings. The van der Waals surface area contributed by atoms with Crippen LogP contribution < -0.4 is 11.2 Å². The van der Waals surface area contributed by atoms with E-state index in [-0.39, 0.29) is 11.5 Å². The van der Waals surface area contributed by atoms with Crippen LogP contribution in [-0.4, -0.2) is 29.9 Å². The predicted octanol–water partition coefficient (Wildman–Crippen LogP) is 0.668. The third-order valence-corrected chi connectivity index (χ3v) is 3.19. The van der Waals surface area contributed by atoms with E-state index in [1.54, 1.807) is 0 Å². The predicted molar refractivity (Wildman–Crippen MR) is 67.4 cm³/mol. The number of piperidine rings is 1. The van der Waals surface area contributed by atoms with Crippen LogP contribution in [0, 0.1) is 11.7 Å². The summed E-state index contributed by atoms with van der Waals surface area (Å²) in [5.41, 5.74) is 0.195. The molecule has 6 heteroatoms. The first-order valence-corrected chi connectivity index (χ1v) is 6.19. The van der Waals surface area contributed by atoms with Gasteiger partial charge >= 0.3 is 0 Å². The molecule has 1 aromatic rings. The lowest BCUT2D eigenvalue weighted by Crippen LogP contribution is -2.49. The summed E-state index contributed by atoms with van der Waals surface area (Å²) < 4.78 is 12.8. The molecule has 0 aliphatic carbocycles. The average Bonchev–Trinajstić information content (AvgIpc) is 2.46. The van der Waals surface area contributed by atoms with Crippen LogP contribution in [0.15, 0.2) is 24.3 Å². The van der Waals surface area contributed by atoms with E-state index >= 15 is 0 Å². The lowest BCUT2D eigenvalue weighted by atomic mass is 9.98. The molecular weight excluding hydrogens is 249 g/mol. The van der Waals surface area contributed by atoms with Crippen molar-refractivity contribution >= 4 is 11.8 Å². The van der Waals surface area contributed by atoms with Crippen LogP contribution >= 0.6 is 0 Å². The Morgan fingerprint density at radius 1 is 1.32 bits per heavy atom. The van der Waals surface area contributed by atoms with Crippen molar-refractivity contribution in [3.05, 3.63) is 35.6 Å². The number of carbonyl (C=O) groups excluding carboxylic acids is 2. The number of carbonyl (C=O) groups is 2. The third-order valence-electron chi connectivity index (χ3n) is 3.19. The Morgan fingerprint density at radius 3 is 2.58 bits per heavy atom. The van der Waals surface area contributed by atoms with Gasteiger partial charge in [-0.1, -0.05) is 0 Å². The van der Waals surface area contributed by atoms with Gasteiger partial charge in [-0.05, 0) is 43.7 Å². The molecule has 0 spiro atoms. The van der Waals surface area contributed by atoms with E-state index in [0.29, 0.717) is 11.6 Å². The second-order valence-electron chi connectivity index (χ2n) is 4.56. The molecule has 2 rings (SSSR count). The fourth-order valence-corrected chi connectivity index (χ4v) is 2.09. The number of hydrogen-bond acceptors (Lipinski definition) is 4. The van der Waals surface area contributed by atoms with E-state index in [0.717, 1.165) is 31.5 Å². The molecule has 3 N–H and O–H groups in total. The molecule has 0 saturated carbocycles. The van der Waals surface area contributed by atoms with E-state index in [4.69, 9.17) is 5.84 Å². The van der Waals surface area contributed by atoms with Crippen molar-refractivity contribution in [2.24, 2.45) is 11.8 Å². The lowest BCUT2D eigenvalue weighted by Gasteiger charge is -2.25. The molecule has 2 amide bonds. The van der Waals surface area contributed by atoms with Crippen molar-refractivity contribution in [1.29, 1.82) is 0 Å². The molecule has 0 unspecified atom stereocenters. The van der Waals surface area contributed by atoms with E-state index in [1.165, 1.54) is 12.1 Å². The van der Waals surface area contributed by atoms with E-state index < -0.39 is 17.6 Å². The van der Waals surface area contributed by atoms with Crippen LogP contribution in [0.3, 0.4) is 0 Å². The zero-order valence-corrected chi connectivity index (χ0v) is 10.4. The number of halogens is 1. The Balaban J connectivity index is 2.05. The lowest BCUT2D eigenvalue weighted by molar-refractivity contribution is -0.133. The zero-order valence-electron chi connectivity index (χ0n) is 10.4. The summed E-state index contributed by atoms with van der Waals surface area (Å²) in [7, 11) is 0. The Kier molecular flexibility index (Phi) is 4.24.